The fourth-order valence-electron chi connectivity index (χ4n) is 10.8. The first-order chi connectivity index (χ1) is 33.7. The van der Waals surface area contributed by atoms with E-state index in [0.717, 1.165) is 26.2 Å². The molecule has 0 aliphatic rings. The van der Waals surface area contributed by atoms with Crippen LogP contribution in [0, 0.1) is 0 Å². The molecule has 2 amide bonds. The summed E-state index contributed by atoms with van der Waals surface area (Å²) in [6, 6.07) is 0.388. The van der Waals surface area contributed by atoms with Crippen LogP contribution in [0.4, 0.5) is 4.79 Å². The van der Waals surface area contributed by atoms with Crippen molar-refractivity contribution >= 4 is 6.03 Å². The van der Waals surface area contributed by atoms with E-state index in [-0.39, 0.29) is 0 Å². The van der Waals surface area contributed by atoms with Crippen LogP contribution in [0.2, 0.25) is 0 Å². The van der Waals surface area contributed by atoms with Gasteiger partial charge < -0.3 is 9.80 Å². The Balaban J connectivity index is 4.98. The third kappa shape index (κ3) is 53.1. The van der Waals surface area contributed by atoms with E-state index in [1.54, 1.807) is 0 Å². The highest BCUT2D eigenvalue weighted by Gasteiger charge is 2.20. The molecule has 0 aromatic heterocycles. The number of carbonyl (C=O) groups excluding carboxylic acids is 1. The van der Waals surface area contributed by atoms with Crippen molar-refractivity contribution in [2.75, 3.05) is 26.2 Å². The normalized spacial score (nSPS) is 11.6. The number of urea groups is 1. The number of unbranched alkanes of at least 4 members (excludes halogenated alkanes) is 52. The van der Waals surface area contributed by atoms with Crippen molar-refractivity contribution in [3.8, 4) is 0 Å². The summed E-state index contributed by atoms with van der Waals surface area (Å²) in [5, 5.41) is 0. The number of carbonyl (C=O) groups is 1. The van der Waals surface area contributed by atoms with Crippen molar-refractivity contribution in [2.45, 2.75) is 387 Å². The van der Waals surface area contributed by atoms with Crippen LogP contribution in [0.25, 0.3) is 0 Å². The summed E-state index contributed by atoms with van der Waals surface area (Å²) in [6.45, 7) is 13.2. The summed E-state index contributed by atoms with van der Waals surface area (Å²) >= 11 is 0. The fraction of sp³-hybridized carbons (Fsp3) is 0.985. The molecular weight excluding hydrogens is 825 g/mol. The zero-order chi connectivity index (χ0) is 49.2. The molecule has 408 valence electrons. The smallest absolute Gasteiger partial charge is 0.319 e. The van der Waals surface area contributed by atoms with Gasteiger partial charge in [0.15, 0.2) is 0 Å². The van der Waals surface area contributed by atoms with Crippen molar-refractivity contribution in [1.82, 2.24) is 9.80 Å². The van der Waals surface area contributed by atoms with E-state index in [1.165, 1.54) is 360 Å². The van der Waals surface area contributed by atoms with Gasteiger partial charge in [-0.15, -0.1) is 0 Å². The van der Waals surface area contributed by atoms with E-state index in [2.05, 4.69) is 37.5 Å². The molecule has 68 heavy (non-hydrogen) atoms. The van der Waals surface area contributed by atoms with Gasteiger partial charge >= 0.3 is 6.03 Å². The van der Waals surface area contributed by atoms with Crippen LogP contribution >= 0.6 is 0 Å². The van der Waals surface area contributed by atoms with Gasteiger partial charge in [-0.05, 0) is 25.7 Å². The largest absolute Gasteiger partial charge is 0.325 e. The van der Waals surface area contributed by atoms with Crippen molar-refractivity contribution in [3.63, 3.8) is 0 Å². The van der Waals surface area contributed by atoms with Gasteiger partial charge in [-0.2, -0.15) is 0 Å². The minimum Gasteiger partial charge on any atom is -0.325 e. The Morgan fingerprint density at radius 1 is 0.176 bits per heavy atom. The summed E-state index contributed by atoms with van der Waals surface area (Å²) < 4.78 is 0. The van der Waals surface area contributed by atoms with Gasteiger partial charge in [-0.25, -0.2) is 4.79 Å². The molecule has 0 atom stereocenters. The third-order valence-electron chi connectivity index (χ3n) is 15.7. The topological polar surface area (TPSA) is 23.6 Å². The Kier molecular flexibility index (Phi) is 59.9. The highest BCUT2D eigenvalue weighted by atomic mass is 16.2. The lowest BCUT2D eigenvalue weighted by Gasteiger charge is -2.31. The molecular formula is C65H132N2O. The first kappa shape index (κ1) is 67.3. The first-order valence-electron chi connectivity index (χ1n) is 32.7. The molecule has 0 aromatic carbocycles. The second kappa shape index (κ2) is 60.6. The first-order valence-corrected chi connectivity index (χ1v) is 32.7. The molecule has 0 N–H and O–H groups in total. The lowest BCUT2D eigenvalue weighted by molar-refractivity contribution is 0.148. The molecule has 0 rings (SSSR count). The quantitative estimate of drug-likeness (QED) is 0.0557. The maximum atomic E-state index is 14.6. The van der Waals surface area contributed by atoms with Crippen molar-refractivity contribution in [3.05, 3.63) is 0 Å². The molecule has 0 unspecified atom stereocenters. The molecule has 0 bridgehead atoms. The Bertz CT molecular complexity index is 771. The Morgan fingerprint density at radius 2 is 0.279 bits per heavy atom. The lowest BCUT2D eigenvalue weighted by Crippen LogP contribution is -2.45. The number of amides is 2. The zero-order valence-electron chi connectivity index (χ0n) is 48.2. The summed E-state index contributed by atoms with van der Waals surface area (Å²) in [4.78, 5) is 19.2. The van der Waals surface area contributed by atoms with Crippen LogP contribution in [0.5, 0.6) is 0 Å². The molecule has 0 aliphatic heterocycles. The second-order valence-electron chi connectivity index (χ2n) is 22.6. The van der Waals surface area contributed by atoms with Gasteiger partial charge in [0, 0.05) is 26.2 Å². The maximum absolute atomic E-state index is 14.6. The predicted octanol–water partition coefficient (Wildman–Crippen LogP) is 23.6. The van der Waals surface area contributed by atoms with E-state index in [0.29, 0.717) is 6.03 Å². The third-order valence-corrected chi connectivity index (χ3v) is 15.7. The van der Waals surface area contributed by atoms with Gasteiger partial charge in [-0.3, -0.25) is 0 Å². The maximum Gasteiger partial charge on any atom is 0.319 e. The number of rotatable bonds is 60. The van der Waals surface area contributed by atoms with E-state index in [9.17, 15) is 4.79 Å². The SMILES string of the molecule is CCCCCCCCCCCCCCCCN(CCCCCCCCCCCCCCCC)C(=O)N(CCCCCCCCCCCCCCCC)CCCCCCCCCCCCCCCC. The van der Waals surface area contributed by atoms with Crippen molar-refractivity contribution in [2.24, 2.45) is 0 Å². The van der Waals surface area contributed by atoms with E-state index < -0.39 is 0 Å². The van der Waals surface area contributed by atoms with Gasteiger partial charge in [0.1, 0.15) is 0 Å². The van der Waals surface area contributed by atoms with E-state index in [1.807, 2.05) is 0 Å². The molecule has 0 radical (unpaired) electrons. The van der Waals surface area contributed by atoms with E-state index >= 15 is 0 Å². The second-order valence-corrected chi connectivity index (χ2v) is 22.6. The van der Waals surface area contributed by atoms with Crippen LogP contribution in [0.3, 0.4) is 0 Å². The van der Waals surface area contributed by atoms with Crippen LogP contribution in [-0.4, -0.2) is 42.0 Å². The van der Waals surface area contributed by atoms with Crippen LogP contribution in [-0.2, 0) is 0 Å². The minimum absolute atomic E-state index is 0.388. The molecule has 3 heteroatoms. The van der Waals surface area contributed by atoms with Gasteiger partial charge in [-0.1, -0.05) is 362 Å². The van der Waals surface area contributed by atoms with Crippen LogP contribution in [0.1, 0.15) is 387 Å². The summed E-state index contributed by atoms with van der Waals surface area (Å²) in [5.74, 6) is 0. The van der Waals surface area contributed by atoms with Crippen molar-refractivity contribution in [1.29, 1.82) is 0 Å². The van der Waals surface area contributed by atoms with Gasteiger partial charge in [0.2, 0.25) is 0 Å². The molecule has 3 nitrogen and oxygen atoms in total. The average molecular weight is 958 g/mol. The molecule has 0 aliphatic carbocycles. The summed E-state index contributed by atoms with van der Waals surface area (Å²) in [7, 11) is 0. The van der Waals surface area contributed by atoms with Crippen LogP contribution in [0.15, 0.2) is 0 Å². The van der Waals surface area contributed by atoms with E-state index in [4.69, 9.17) is 0 Å². The van der Waals surface area contributed by atoms with Gasteiger partial charge in [0.25, 0.3) is 0 Å². The molecule has 0 spiro atoms. The lowest BCUT2D eigenvalue weighted by atomic mass is 10.0. The minimum atomic E-state index is 0.388. The zero-order valence-corrected chi connectivity index (χ0v) is 48.2. The summed E-state index contributed by atoms with van der Waals surface area (Å²) in [6.07, 6.45) is 77.9. The molecule has 0 heterocycles. The molecule has 0 aromatic rings. The number of nitrogens with zero attached hydrogens (tertiary/aromatic N) is 2. The molecule has 0 fully saturated rings. The Hall–Kier alpha value is -0.730. The summed E-state index contributed by atoms with van der Waals surface area (Å²) in [5.41, 5.74) is 0. The molecule has 0 saturated carbocycles. The van der Waals surface area contributed by atoms with Crippen LogP contribution < -0.4 is 0 Å². The number of hydrogen-bond donors (Lipinski definition) is 0. The monoisotopic (exact) mass is 957 g/mol. The molecule has 0 saturated heterocycles. The predicted molar refractivity (Wildman–Crippen MR) is 310 cm³/mol. The highest BCUT2D eigenvalue weighted by Crippen LogP contribution is 2.19. The Labute approximate surface area is 432 Å². The standard InChI is InChI=1S/C65H132N2O/c1-5-9-13-17-21-25-29-33-37-41-45-49-53-57-61-66(62-58-54-50-46-42-38-34-30-26-22-18-14-10-6-2)65(68)67(63-59-55-51-47-43-39-35-31-27-23-19-15-11-7-3)64-60-56-52-48-44-40-36-32-28-24-20-16-12-8-4/h5-64H2,1-4H3. The average Bonchev–Trinajstić information content (AvgIpc) is 3.35. The van der Waals surface area contributed by atoms with Gasteiger partial charge in [0.05, 0.1) is 0 Å². The highest BCUT2D eigenvalue weighted by molar-refractivity contribution is 5.74. The Morgan fingerprint density at radius 3 is 0.397 bits per heavy atom. The number of hydrogen-bond acceptors (Lipinski definition) is 1. The fourth-order valence-corrected chi connectivity index (χ4v) is 10.8. The van der Waals surface area contributed by atoms with Crippen molar-refractivity contribution < 1.29 is 4.79 Å².